The van der Waals surface area contributed by atoms with Crippen LogP contribution in [0.25, 0.3) is 0 Å². The minimum Gasteiger partial charge on any atom is -0.393 e. The van der Waals surface area contributed by atoms with Gasteiger partial charge in [0.15, 0.2) is 0 Å². The van der Waals surface area contributed by atoms with Gasteiger partial charge in [-0.1, -0.05) is 12.2 Å². The van der Waals surface area contributed by atoms with E-state index in [-0.39, 0.29) is 11.5 Å². The lowest BCUT2D eigenvalue weighted by molar-refractivity contribution is 0.108. The molecule has 0 aliphatic heterocycles. The number of halogens is 1. The SMILES string of the molecule is O[C@@H]1CC[C@]23C=CC[C@@H]2C[C@H](Cl)[C@@H]13. The fourth-order valence-electron chi connectivity index (χ4n) is 3.89. The van der Waals surface area contributed by atoms with Gasteiger partial charge in [0.05, 0.1) is 6.10 Å². The van der Waals surface area contributed by atoms with Crippen LogP contribution in [0.15, 0.2) is 12.2 Å². The molecule has 0 aromatic carbocycles. The first-order valence-electron chi connectivity index (χ1n) is 5.24. The molecule has 0 aromatic heterocycles. The first-order chi connectivity index (χ1) is 6.24. The van der Waals surface area contributed by atoms with Gasteiger partial charge in [-0.25, -0.2) is 0 Å². The molecule has 0 heterocycles. The van der Waals surface area contributed by atoms with Crippen molar-refractivity contribution in [3.05, 3.63) is 12.2 Å². The Hall–Kier alpha value is -0.0100. The highest BCUT2D eigenvalue weighted by Crippen LogP contribution is 2.63. The van der Waals surface area contributed by atoms with Gasteiger partial charge < -0.3 is 5.11 Å². The molecule has 0 saturated heterocycles. The first-order valence-corrected chi connectivity index (χ1v) is 5.67. The number of aliphatic hydroxyl groups is 1. The molecular weight excluding hydrogens is 184 g/mol. The second-order valence-electron chi connectivity index (χ2n) is 4.83. The van der Waals surface area contributed by atoms with E-state index in [0.717, 1.165) is 25.2 Å². The lowest BCUT2D eigenvalue weighted by Gasteiger charge is -2.29. The molecule has 5 atom stereocenters. The minimum absolute atomic E-state index is 0.143. The van der Waals surface area contributed by atoms with Crippen molar-refractivity contribution in [3.63, 3.8) is 0 Å². The van der Waals surface area contributed by atoms with Crippen LogP contribution < -0.4 is 0 Å². The number of alkyl halides is 1. The van der Waals surface area contributed by atoms with Gasteiger partial charge >= 0.3 is 0 Å². The predicted molar refractivity (Wildman–Crippen MR) is 52.7 cm³/mol. The standard InChI is InChI=1S/C11H15ClO/c12-8-6-7-2-1-4-11(7)5-3-9(13)10(8)11/h1,4,7-10,13H,2-3,5-6H2/t7-,8+,9-,10+,11-/m1/s1. The van der Waals surface area contributed by atoms with Crippen molar-refractivity contribution >= 4 is 11.6 Å². The van der Waals surface area contributed by atoms with E-state index in [9.17, 15) is 5.11 Å². The maximum atomic E-state index is 9.89. The van der Waals surface area contributed by atoms with Crippen LogP contribution in [0.1, 0.15) is 25.7 Å². The summed E-state index contributed by atoms with van der Waals surface area (Å²) in [5.41, 5.74) is 0.297. The highest BCUT2D eigenvalue weighted by atomic mass is 35.5. The normalized spacial score (nSPS) is 58.3. The van der Waals surface area contributed by atoms with Crippen LogP contribution in [0.3, 0.4) is 0 Å². The molecule has 0 unspecified atom stereocenters. The number of hydrogen-bond donors (Lipinski definition) is 1. The van der Waals surface area contributed by atoms with E-state index < -0.39 is 0 Å². The highest BCUT2D eigenvalue weighted by molar-refractivity contribution is 6.21. The molecule has 1 nitrogen and oxygen atoms in total. The van der Waals surface area contributed by atoms with Gasteiger partial charge in [-0.05, 0) is 37.0 Å². The highest BCUT2D eigenvalue weighted by Gasteiger charge is 2.59. The molecule has 72 valence electrons. The molecule has 13 heavy (non-hydrogen) atoms. The van der Waals surface area contributed by atoms with Crippen LogP contribution in [-0.4, -0.2) is 16.6 Å². The van der Waals surface area contributed by atoms with E-state index in [4.69, 9.17) is 11.6 Å². The summed E-state index contributed by atoms with van der Waals surface area (Å²) < 4.78 is 0. The van der Waals surface area contributed by atoms with Gasteiger partial charge in [0.1, 0.15) is 0 Å². The zero-order valence-electron chi connectivity index (χ0n) is 7.62. The Kier molecular flexibility index (Phi) is 1.61. The Bertz CT molecular complexity index is 263. The van der Waals surface area contributed by atoms with Crippen molar-refractivity contribution < 1.29 is 5.11 Å². The zero-order chi connectivity index (χ0) is 9.05. The van der Waals surface area contributed by atoms with E-state index in [0.29, 0.717) is 11.3 Å². The van der Waals surface area contributed by atoms with Crippen molar-refractivity contribution in [3.8, 4) is 0 Å². The average molecular weight is 199 g/mol. The summed E-state index contributed by atoms with van der Waals surface area (Å²) in [5.74, 6) is 1.08. The summed E-state index contributed by atoms with van der Waals surface area (Å²) in [6, 6.07) is 0. The third-order valence-electron chi connectivity index (χ3n) is 4.42. The molecule has 2 heteroatoms. The lowest BCUT2D eigenvalue weighted by Crippen LogP contribution is -2.29. The molecule has 0 amide bonds. The summed E-state index contributed by atoms with van der Waals surface area (Å²) >= 11 is 6.31. The van der Waals surface area contributed by atoms with E-state index in [2.05, 4.69) is 12.2 Å². The molecule has 0 aromatic rings. The number of allylic oxidation sites excluding steroid dienone is 2. The molecular formula is C11H15ClO. The Morgan fingerprint density at radius 1 is 1.46 bits per heavy atom. The Morgan fingerprint density at radius 3 is 3.15 bits per heavy atom. The van der Waals surface area contributed by atoms with Crippen molar-refractivity contribution in [1.29, 1.82) is 0 Å². The third kappa shape index (κ3) is 0.875. The van der Waals surface area contributed by atoms with Gasteiger partial charge in [0.25, 0.3) is 0 Å². The largest absolute Gasteiger partial charge is 0.393 e. The van der Waals surface area contributed by atoms with Gasteiger partial charge in [-0.3, -0.25) is 0 Å². The zero-order valence-corrected chi connectivity index (χ0v) is 8.37. The predicted octanol–water partition coefficient (Wildman–Crippen LogP) is 2.33. The maximum absolute atomic E-state index is 9.89. The molecule has 1 N–H and O–H groups in total. The lowest BCUT2D eigenvalue weighted by atomic mass is 9.76. The van der Waals surface area contributed by atoms with Gasteiger partial charge in [0.2, 0.25) is 0 Å². The Labute approximate surface area is 83.8 Å². The first kappa shape index (κ1) is 8.31. The maximum Gasteiger partial charge on any atom is 0.0591 e. The molecule has 2 fully saturated rings. The van der Waals surface area contributed by atoms with Crippen molar-refractivity contribution in [2.75, 3.05) is 0 Å². The summed E-state index contributed by atoms with van der Waals surface area (Å²) in [7, 11) is 0. The van der Waals surface area contributed by atoms with Crippen LogP contribution in [0, 0.1) is 17.3 Å². The van der Waals surface area contributed by atoms with E-state index in [1.54, 1.807) is 0 Å². The van der Waals surface area contributed by atoms with Gasteiger partial charge in [-0.2, -0.15) is 0 Å². The summed E-state index contributed by atoms with van der Waals surface area (Å²) in [6.45, 7) is 0. The number of rotatable bonds is 0. The van der Waals surface area contributed by atoms with Crippen molar-refractivity contribution in [2.24, 2.45) is 17.3 Å². The van der Waals surface area contributed by atoms with Crippen LogP contribution >= 0.6 is 11.6 Å². The monoisotopic (exact) mass is 198 g/mol. The Balaban J connectivity index is 2.03. The van der Waals surface area contributed by atoms with Crippen molar-refractivity contribution in [1.82, 2.24) is 0 Å². The number of hydrogen-bond acceptors (Lipinski definition) is 1. The van der Waals surface area contributed by atoms with E-state index >= 15 is 0 Å². The van der Waals surface area contributed by atoms with Crippen LogP contribution in [-0.2, 0) is 0 Å². The Morgan fingerprint density at radius 2 is 2.31 bits per heavy atom. The second-order valence-corrected chi connectivity index (χ2v) is 5.39. The molecule has 0 radical (unpaired) electrons. The topological polar surface area (TPSA) is 20.2 Å². The number of aliphatic hydroxyl groups excluding tert-OH is 1. The van der Waals surface area contributed by atoms with E-state index in [1.165, 1.54) is 6.42 Å². The summed E-state index contributed by atoms with van der Waals surface area (Å²) in [5, 5.41) is 10.1. The van der Waals surface area contributed by atoms with Crippen molar-refractivity contribution in [2.45, 2.75) is 37.2 Å². The summed E-state index contributed by atoms with van der Waals surface area (Å²) in [6.07, 6.45) is 8.90. The quantitative estimate of drug-likeness (QED) is 0.468. The molecule has 0 bridgehead atoms. The van der Waals surface area contributed by atoms with Crippen LogP contribution in [0.5, 0.6) is 0 Å². The molecule has 2 saturated carbocycles. The van der Waals surface area contributed by atoms with Crippen LogP contribution in [0.2, 0.25) is 0 Å². The molecule has 3 aliphatic carbocycles. The minimum atomic E-state index is -0.143. The molecule has 3 aliphatic rings. The average Bonchev–Trinajstić information content (AvgIpc) is 2.65. The molecule has 1 spiro atoms. The third-order valence-corrected chi connectivity index (χ3v) is 4.87. The second kappa shape index (κ2) is 2.52. The van der Waals surface area contributed by atoms with Gasteiger partial charge in [-0.15, -0.1) is 11.6 Å². The summed E-state index contributed by atoms with van der Waals surface area (Å²) in [4.78, 5) is 0. The van der Waals surface area contributed by atoms with Gasteiger partial charge in [0, 0.05) is 11.3 Å². The fourth-order valence-corrected chi connectivity index (χ4v) is 4.51. The fraction of sp³-hybridized carbons (Fsp3) is 0.818. The van der Waals surface area contributed by atoms with E-state index in [1.807, 2.05) is 0 Å². The smallest absolute Gasteiger partial charge is 0.0591 e. The molecule has 3 rings (SSSR count). The van der Waals surface area contributed by atoms with Crippen LogP contribution in [0.4, 0.5) is 0 Å².